The van der Waals surface area contributed by atoms with Crippen LogP contribution in [-0.2, 0) is 16.1 Å². The Morgan fingerprint density at radius 2 is 2.16 bits per heavy atom. The summed E-state index contributed by atoms with van der Waals surface area (Å²) in [5.41, 5.74) is 4.40. The van der Waals surface area contributed by atoms with E-state index in [1.807, 2.05) is 12.1 Å². The lowest BCUT2D eigenvalue weighted by molar-refractivity contribution is 0.0589. The molecule has 4 heterocycles. The first-order valence-corrected chi connectivity index (χ1v) is 10.4. The number of benzene rings is 1. The first-order valence-electron chi connectivity index (χ1n) is 10.4. The van der Waals surface area contributed by atoms with Gasteiger partial charge in [-0.05, 0) is 30.3 Å². The number of hydroxylamine groups is 1. The fourth-order valence-electron chi connectivity index (χ4n) is 3.83. The van der Waals surface area contributed by atoms with Crippen molar-refractivity contribution in [2.75, 3.05) is 42.6 Å². The minimum atomic E-state index is -0.510. The quantitative estimate of drug-likeness (QED) is 0.643. The van der Waals surface area contributed by atoms with Crippen molar-refractivity contribution in [3.05, 3.63) is 54.7 Å². The van der Waals surface area contributed by atoms with Crippen LogP contribution >= 0.6 is 0 Å². The number of ether oxygens (including phenoxy) is 1. The van der Waals surface area contributed by atoms with Crippen LogP contribution in [0.4, 0.5) is 20.7 Å². The van der Waals surface area contributed by atoms with E-state index in [9.17, 15) is 9.18 Å². The zero-order valence-electron chi connectivity index (χ0n) is 17.2. The first-order chi connectivity index (χ1) is 15.7. The van der Waals surface area contributed by atoms with Crippen molar-refractivity contribution >= 4 is 17.6 Å². The van der Waals surface area contributed by atoms with Gasteiger partial charge in [-0.15, -0.1) is 5.10 Å². The van der Waals surface area contributed by atoms with E-state index in [1.54, 1.807) is 35.4 Å². The predicted octanol–water partition coefficient (Wildman–Crippen LogP) is 1.85. The molecule has 1 N–H and O–H groups in total. The van der Waals surface area contributed by atoms with Crippen molar-refractivity contribution in [2.45, 2.75) is 12.6 Å². The third kappa shape index (κ3) is 4.25. The number of anilines is 2. The number of carbonyl (C=O) groups is 1. The fourth-order valence-corrected chi connectivity index (χ4v) is 3.83. The summed E-state index contributed by atoms with van der Waals surface area (Å²) in [6, 6.07) is 8.44. The molecular weight excluding hydrogens is 417 g/mol. The van der Waals surface area contributed by atoms with Gasteiger partial charge in [0.1, 0.15) is 17.7 Å². The molecule has 166 valence electrons. The Morgan fingerprint density at radius 1 is 1.22 bits per heavy atom. The number of cyclic esters (lactones) is 1. The second-order valence-corrected chi connectivity index (χ2v) is 7.54. The summed E-state index contributed by atoms with van der Waals surface area (Å²) >= 11 is 0. The molecule has 0 spiro atoms. The Morgan fingerprint density at radius 3 is 2.94 bits per heavy atom. The summed E-state index contributed by atoms with van der Waals surface area (Å²) in [5.74, 6) is 0.383. The van der Waals surface area contributed by atoms with Crippen molar-refractivity contribution in [3.63, 3.8) is 0 Å². The van der Waals surface area contributed by atoms with E-state index in [0.717, 1.165) is 18.9 Å². The third-order valence-electron chi connectivity index (χ3n) is 5.43. The van der Waals surface area contributed by atoms with Crippen molar-refractivity contribution < 1.29 is 18.8 Å². The van der Waals surface area contributed by atoms with Gasteiger partial charge in [-0.1, -0.05) is 5.21 Å². The van der Waals surface area contributed by atoms with Crippen LogP contribution in [-0.4, -0.2) is 65.0 Å². The highest BCUT2D eigenvalue weighted by atomic mass is 19.1. The Kier molecular flexibility index (Phi) is 5.65. The van der Waals surface area contributed by atoms with Crippen molar-refractivity contribution in [3.8, 4) is 11.1 Å². The van der Waals surface area contributed by atoms with Crippen LogP contribution in [0.5, 0.6) is 0 Å². The SMILES string of the molecule is O=C1O[C@@H](Cn2ccnn2)CN1c1ccc(-c2ccc(N3CCNOCC3)nc2)c(F)c1. The van der Waals surface area contributed by atoms with Crippen LogP contribution < -0.4 is 15.3 Å². The van der Waals surface area contributed by atoms with Gasteiger partial charge >= 0.3 is 6.09 Å². The number of rotatable bonds is 5. The predicted molar refractivity (Wildman–Crippen MR) is 113 cm³/mol. The molecule has 2 aliphatic heterocycles. The van der Waals surface area contributed by atoms with Crippen molar-refractivity contribution in [2.24, 2.45) is 0 Å². The minimum Gasteiger partial charge on any atom is -0.442 e. The molecule has 11 heteroatoms. The summed E-state index contributed by atoms with van der Waals surface area (Å²) in [5, 5.41) is 7.62. The average Bonchev–Trinajstić information content (AvgIpc) is 3.35. The van der Waals surface area contributed by atoms with Gasteiger partial charge in [-0.3, -0.25) is 9.74 Å². The van der Waals surface area contributed by atoms with E-state index in [-0.39, 0.29) is 6.10 Å². The average molecular weight is 439 g/mol. The highest BCUT2D eigenvalue weighted by Gasteiger charge is 2.33. The number of hydrogen-bond donors (Lipinski definition) is 1. The Balaban J connectivity index is 1.29. The number of nitrogens with zero attached hydrogens (tertiary/aromatic N) is 6. The molecule has 5 rings (SSSR count). The largest absolute Gasteiger partial charge is 0.442 e. The molecular formula is C21H22FN7O3. The van der Waals surface area contributed by atoms with Crippen LogP contribution in [0.1, 0.15) is 0 Å². The number of halogens is 1. The van der Waals surface area contributed by atoms with E-state index in [2.05, 4.69) is 25.7 Å². The maximum Gasteiger partial charge on any atom is 0.414 e. The van der Waals surface area contributed by atoms with E-state index in [4.69, 9.17) is 9.57 Å². The third-order valence-corrected chi connectivity index (χ3v) is 5.43. The van der Waals surface area contributed by atoms with Gasteiger partial charge in [0.25, 0.3) is 0 Å². The van der Waals surface area contributed by atoms with Crippen molar-refractivity contribution in [1.29, 1.82) is 0 Å². The number of nitrogens with one attached hydrogen (secondary N) is 1. The van der Waals surface area contributed by atoms with Gasteiger partial charge < -0.3 is 9.64 Å². The number of hydrogen-bond acceptors (Lipinski definition) is 8. The Hall–Kier alpha value is -3.57. The molecule has 0 radical (unpaired) electrons. The number of aromatic nitrogens is 4. The highest BCUT2D eigenvalue weighted by Crippen LogP contribution is 2.29. The Bertz CT molecular complexity index is 1070. The molecule has 2 aliphatic rings. The normalized spacial score (nSPS) is 19.2. The molecule has 2 saturated heterocycles. The van der Waals surface area contributed by atoms with E-state index >= 15 is 0 Å². The molecule has 1 atom stereocenters. The van der Waals surface area contributed by atoms with Crippen LogP contribution in [0.15, 0.2) is 48.9 Å². The van der Waals surface area contributed by atoms with E-state index in [1.165, 1.54) is 11.0 Å². The molecule has 1 amide bonds. The van der Waals surface area contributed by atoms with E-state index in [0.29, 0.717) is 43.1 Å². The molecule has 0 unspecified atom stereocenters. The number of pyridine rings is 1. The lowest BCUT2D eigenvalue weighted by Gasteiger charge is -2.20. The fraction of sp³-hybridized carbons (Fsp3) is 0.333. The summed E-state index contributed by atoms with van der Waals surface area (Å²) in [7, 11) is 0. The molecule has 0 aliphatic carbocycles. The second-order valence-electron chi connectivity index (χ2n) is 7.54. The molecule has 3 aromatic rings. The van der Waals surface area contributed by atoms with Gasteiger partial charge in [0.2, 0.25) is 0 Å². The van der Waals surface area contributed by atoms with Gasteiger partial charge in [0, 0.05) is 43.2 Å². The molecule has 32 heavy (non-hydrogen) atoms. The molecule has 0 saturated carbocycles. The molecule has 0 bridgehead atoms. The maximum absolute atomic E-state index is 15.0. The first kappa shape index (κ1) is 20.3. The smallest absolute Gasteiger partial charge is 0.414 e. The Labute approximate surface area is 183 Å². The standard InChI is InChI=1S/C21H22FN7O3/c22-19-11-16(29-14-17(32-21(29)30)13-28-8-5-24-26-28)2-3-18(19)15-1-4-20(23-12-15)27-7-6-25-31-10-9-27/h1-5,8,11-12,17,25H,6-7,9-10,13-14H2/t17-/m0/s1. The monoisotopic (exact) mass is 439 g/mol. The van der Waals surface area contributed by atoms with E-state index < -0.39 is 11.9 Å². The summed E-state index contributed by atoms with van der Waals surface area (Å²) in [4.78, 5) is 25.6. The maximum atomic E-state index is 15.0. The summed E-state index contributed by atoms with van der Waals surface area (Å²) < 4.78 is 21.9. The van der Waals surface area contributed by atoms with Crippen LogP contribution in [0.3, 0.4) is 0 Å². The zero-order valence-corrected chi connectivity index (χ0v) is 17.2. The minimum absolute atomic E-state index is 0.308. The van der Waals surface area contributed by atoms with Crippen LogP contribution in [0.25, 0.3) is 11.1 Å². The van der Waals surface area contributed by atoms with Gasteiger partial charge in [-0.25, -0.2) is 24.3 Å². The summed E-state index contributed by atoms with van der Waals surface area (Å²) in [6.45, 7) is 3.48. The van der Waals surface area contributed by atoms with Crippen LogP contribution in [0, 0.1) is 5.82 Å². The topological polar surface area (TPSA) is 97.6 Å². The van der Waals surface area contributed by atoms with Crippen LogP contribution in [0.2, 0.25) is 0 Å². The van der Waals surface area contributed by atoms with Gasteiger partial charge in [-0.2, -0.15) is 0 Å². The highest BCUT2D eigenvalue weighted by molar-refractivity contribution is 5.90. The number of amides is 1. The molecule has 1 aromatic carbocycles. The van der Waals surface area contributed by atoms with Gasteiger partial charge in [0.05, 0.1) is 31.6 Å². The zero-order chi connectivity index (χ0) is 21.9. The summed E-state index contributed by atoms with van der Waals surface area (Å²) in [6.07, 6.45) is 4.02. The molecule has 2 fully saturated rings. The van der Waals surface area contributed by atoms with Gasteiger partial charge in [0.15, 0.2) is 0 Å². The number of carbonyl (C=O) groups excluding carboxylic acids is 1. The molecule has 2 aromatic heterocycles. The van der Waals surface area contributed by atoms with Crippen molar-refractivity contribution in [1.82, 2.24) is 25.5 Å². The lowest BCUT2D eigenvalue weighted by atomic mass is 10.1. The second kappa shape index (κ2) is 8.89. The lowest BCUT2D eigenvalue weighted by Crippen LogP contribution is -2.29. The molecule has 10 nitrogen and oxygen atoms in total.